The summed E-state index contributed by atoms with van der Waals surface area (Å²) in [7, 11) is 0. The summed E-state index contributed by atoms with van der Waals surface area (Å²) in [5, 5.41) is 2.89. The SMILES string of the molecule is O=C(C[n+]1ccccc1)c1cc2c3c(ccc4c3c1CCC4)CCC2.[I-]. The predicted octanol–water partition coefficient (Wildman–Crippen LogP) is 0.992. The third-order valence-corrected chi connectivity index (χ3v) is 5.81. The van der Waals surface area contributed by atoms with E-state index in [0.717, 1.165) is 31.2 Å². The molecule has 2 aromatic carbocycles. The van der Waals surface area contributed by atoms with Gasteiger partial charge in [-0.25, -0.2) is 0 Å². The van der Waals surface area contributed by atoms with Gasteiger partial charge in [0.15, 0.2) is 12.4 Å². The molecule has 0 aliphatic heterocycles. The predicted molar refractivity (Wildman–Crippen MR) is 99.0 cm³/mol. The molecule has 3 heteroatoms. The number of aromatic nitrogens is 1. The van der Waals surface area contributed by atoms with E-state index in [0.29, 0.717) is 6.54 Å². The smallest absolute Gasteiger partial charge is 0.227 e. The molecule has 1 heterocycles. The Morgan fingerprint density at radius 1 is 0.846 bits per heavy atom. The lowest BCUT2D eigenvalue weighted by atomic mass is 9.78. The van der Waals surface area contributed by atoms with Gasteiger partial charge in [-0.2, -0.15) is 4.57 Å². The highest BCUT2D eigenvalue weighted by molar-refractivity contribution is 6.05. The fourth-order valence-electron chi connectivity index (χ4n) is 4.71. The summed E-state index contributed by atoms with van der Waals surface area (Å²) in [6.07, 6.45) is 10.8. The van der Waals surface area contributed by atoms with Gasteiger partial charge < -0.3 is 24.0 Å². The highest BCUT2D eigenvalue weighted by Crippen LogP contribution is 2.39. The minimum atomic E-state index is 0. The van der Waals surface area contributed by atoms with Gasteiger partial charge in [-0.15, -0.1) is 0 Å². The number of aryl methyl sites for hydroxylation is 4. The van der Waals surface area contributed by atoms with Gasteiger partial charge in [0.1, 0.15) is 0 Å². The number of carbonyl (C=O) groups excluding carboxylic acids is 1. The fraction of sp³-hybridized carbons (Fsp3) is 0.304. The summed E-state index contributed by atoms with van der Waals surface area (Å²) in [6.45, 7) is 0.424. The second kappa shape index (κ2) is 7.10. The van der Waals surface area contributed by atoms with Crippen molar-refractivity contribution in [1.29, 1.82) is 0 Å². The molecule has 0 fully saturated rings. The maximum absolute atomic E-state index is 13.1. The number of Topliss-reactive ketones (excluding diaryl/α,β-unsaturated/α-hetero) is 1. The highest BCUT2D eigenvalue weighted by Gasteiger charge is 2.26. The van der Waals surface area contributed by atoms with E-state index >= 15 is 0 Å². The van der Waals surface area contributed by atoms with Crippen molar-refractivity contribution in [1.82, 2.24) is 0 Å². The van der Waals surface area contributed by atoms with E-state index < -0.39 is 0 Å². The number of benzene rings is 2. The number of rotatable bonds is 3. The Hall–Kier alpha value is -1.75. The number of pyridine rings is 1. The molecule has 132 valence electrons. The first kappa shape index (κ1) is 17.7. The van der Waals surface area contributed by atoms with Crippen LogP contribution < -0.4 is 28.5 Å². The van der Waals surface area contributed by atoms with Crippen molar-refractivity contribution < 1.29 is 33.3 Å². The zero-order valence-electron chi connectivity index (χ0n) is 14.8. The lowest BCUT2D eigenvalue weighted by Gasteiger charge is -2.26. The molecule has 0 bridgehead atoms. The lowest BCUT2D eigenvalue weighted by Crippen LogP contribution is -3.00. The molecule has 2 aliphatic carbocycles. The number of nitrogens with zero attached hydrogens (tertiary/aromatic N) is 1. The van der Waals surface area contributed by atoms with E-state index in [9.17, 15) is 4.79 Å². The van der Waals surface area contributed by atoms with Crippen LogP contribution in [0.4, 0.5) is 0 Å². The van der Waals surface area contributed by atoms with E-state index in [-0.39, 0.29) is 29.8 Å². The average molecular weight is 455 g/mol. The molecule has 2 nitrogen and oxygen atoms in total. The zero-order valence-corrected chi connectivity index (χ0v) is 17.0. The largest absolute Gasteiger partial charge is 1.00 e. The van der Waals surface area contributed by atoms with E-state index in [1.807, 2.05) is 35.2 Å². The standard InChI is InChI=1S/C23H22NO.HI/c25-21(15-24-12-2-1-3-13-24)20-14-18-8-4-6-16-10-11-17-7-5-9-19(20)23(17)22(16)18;/h1-3,10-14H,4-9,15H2;1H/q+1;/p-1. The number of hydrogen-bond donors (Lipinski definition) is 0. The minimum absolute atomic E-state index is 0. The van der Waals surface area contributed by atoms with Crippen LogP contribution in [0.3, 0.4) is 0 Å². The number of hydrogen-bond acceptors (Lipinski definition) is 1. The Morgan fingerprint density at radius 3 is 2.27 bits per heavy atom. The molecule has 1 aromatic heterocycles. The van der Waals surface area contributed by atoms with E-state index in [4.69, 9.17) is 0 Å². The van der Waals surface area contributed by atoms with Gasteiger partial charge in [0.05, 0.1) is 0 Å². The van der Waals surface area contributed by atoms with Crippen LogP contribution in [0.5, 0.6) is 0 Å². The monoisotopic (exact) mass is 455 g/mol. The summed E-state index contributed by atoms with van der Waals surface area (Å²) in [5.41, 5.74) is 6.61. The van der Waals surface area contributed by atoms with Crippen molar-refractivity contribution >= 4 is 16.6 Å². The van der Waals surface area contributed by atoms with Crippen LogP contribution in [0, 0.1) is 0 Å². The normalized spacial score (nSPS) is 14.8. The minimum Gasteiger partial charge on any atom is -1.00 e. The Kier molecular flexibility index (Phi) is 4.82. The molecule has 5 rings (SSSR count). The third kappa shape index (κ3) is 2.86. The molecule has 2 aliphatic rings. The quantitative estimate of drug-likeness (QED) is 0.328. The first-order chi connectivity index (χ1) is 12.3. The van der Waals surface area contributed by atoms with Crippen LogP contribution in [-0.4, -0.2) is 5.78 Å². The summed E-state index contributed by atoms with van der Waals surface area (Å²) in [5.74, 6) is 0.244. The lowest BCUT2D eigenvalue weighted by molar-refractivity contribution is -0.683. The van der Waals surface area contributed by atoms with Crippen LogP contribution in [0.2, 0.25) is 0 Å². The molecular formula is C23H22INO. The van der Waals surface area contributed by atoms with Gasteiger partial charge in [-0.05, 0) is 77.6 Å². The van der Waals surface area contributed by atoms with Crippen molar-refractivity contribution in [2.24, 2.45) is 0 Å². The van der Waals surface area contributed by atoms with Gasteiger partial charge >= 0.3 is 0 Å². The Bertz CT molecular complexity index is 994. The van der Waals surface area contributed by atoms with Crippen LogP contribution in [0.15, 0.2) is 48.8 Å². The molecule has 26 heavy (non-hydrogen) atoms. The Balaban J connectivity index is 0.00000168. The van der Waals surface area contributed by atoms with Gasteiger partial charge in [-0.1, -0.05) is 18.2 Å². The number of carbonyl (C=O) groups is 1. The second-order valence-electron chi connectivity index (χ2n) is 7.37. The molecule has 0 saturated carbocycles. The maximum Gasteiger partial charge on any atom is 0.227 e. The topological polar surface area (TPSA) is 20.9 Å². The first-order valence-electron chi connectivity index (χ1n) is 9.38. The van der Waals surface area contributed by atoms with Crippen LogP contribution in [0.1, 0.15) is 45.5 Å². The van der Waals surface area contributed by atoms with Gasteiger partial charge in [0.25, 0.3) is 0 Å². The second-order valence-corrected chi connectivity index (χ2v) is 7.37. The molecule has 0 saturated heterocycles. The Labute approximate surface area is 171 Å². The van der Waals surface area contributed by atoms with Gasteiger partial charge in [0.2, 0.25) is 12.3 Å². The molecule has 0 unspecified atom stereocenters. The molecule has 0 radical (unpaired) electrons. The number of ketones is 1. The van der Waals surface area contributed by atoms with Crippen molar-refractivity contribution in [2.75, 3.05) is 0 Å². The van der Waals surface area contributed by atoms with Crippen LogP contribution >= 0.6 is 0 Å². The van der Waals surface area contributed by atoms with Crippen molar-refractivity contribution in [3.63, 3.8) is 0 Å². The van der Waals surface area contributed by atoms with E-state index in [1.165, 1.54) is 45.9 Å². The van der Waals surface area contributed by atoms with Gasteiger partial charge in [0, 0.05) is 17.7 Å². The van der Waals surface area contributed by atoms with Crippen molar-refractivity contribution in [2.45, 2.75) is 45.1 Å². The van der Waals surface area contributed by atoms with Crippen LogP contribution in [-0.2, 0) is 32.2 Å². The van der Waals surface area contributed by atoms with E-state index in [1.54, 1.807) is 0 Å². The average Bonchev–Trinajstić information content (AvgIpc) is 2.66. The third-order valence-electron chi connectivity index (χ3n) is 5.81. The molecule has 0 N–H and O–H groups in total. The van der Waals surface area contributed by atoms with Gasteiger partial charge in [-0.3, -0.25) is 4.79 Å². The summed E-state index contributed by atoms with van der Waals surface area (Å²) in [6, 6.07) is 12.8. The first-order valence-corrected chi connectivity index (χ1v) is 9.38. The Morgan fingerprint density at radius 2 is 1.50 bits per heavy atom. The van der Waals surface area contributed by atoms with E-state index in [2.05, 4.69) is 18.2 Å². The summed E-state index contributed by atoms with van der Waals surface area (Å²) < 4.78 is 1.98. The van der Waals surface area contributed by atoms with Crippen molar-refractivity contribution in [3.05, 3.63) is 76.6 Å². The van der Waals surface area contributed by atoms with Crippen molar-refractivity contribution in [3.8, 4) is 0 Å². The van der Waals surface area contributed by atoms with Crippen LogP contribution in [0.25, 0.3) is 10.8 Å². The molecule has 0 amide bonds. The summed E-state index contributed by atoms with van der Waals surface area (Å²) in [4.78, 5) is 13.1. The summed E-state index contributed by atoms with van der Waals surface area (Å²) >= 11 is 0. The fourth-order valence-corrected chi connectivity index (χ4v) is 4.71. The number of halogens is 1. The molecule has 3 aromatic rings. The molecule has 0 atom stereocenters. The highest BCUT2D eigenvalue weighted by atomic mass is 127. The molecule has 0 spiro atoms. The zero-order chi connectivity index (χ0) is 16.8. The molecular weight excluding hydrogens is 433 g/mol. The maximum atomic E-state index is 13.1.